The zero-order chi connectivity index (χ0) is 18.1. The predicted molar refractivity (Wildman–Crippen MR) is 84.4 cm³/mol. The molecule has 0 saturated carbocycles. The summed E-state index contributed by atoms with van der Waals surface area (Å²) in [4.78, 5) is 18.3. The fourth-order valence-electron chi connectivity index (χ4n) is 3.02. The lowest BCUT2D eigenvalue weighted by Crippen LogP contribution is -2.32. The first-order chi connectivity index (χ1) is 11.9. The van der Waals surface area contributed by atoms with E-state index in [1.54, 1.807) is 6.92 Å². The molecule has 0 bridgehead atoms. The highest BCUT2D eigenvalue weighted by atomic mass is 19.2. The van der Waals surface area contributed by atoms with E-state index < -0.39 is 29.7 Å². The molecule has 1 saturated heterocycles. The van der Waals surface area contributed by atoms with Crippen molar-refractivity contribution in [2.75, 3.05) is 6.54 Å². The molecule has 1 aromatic carbocycles. The van der Waals surface area contributed by atoms with Crippen LogP contribution in [0, 0.1) is 29.9 Å². The van der Waals surface area contributed by atoms with E-state index in [4.69, 9.17) is 5.26 Å². The van der Waals surface area contributed by atoms with E-state index in [0.717, 1.165) is 12.1 Å². The maximum Gasteiger partial charge on any atom is 0.273 e. The van der Waals surface area contributed by atoms with Gasteiger partial charge >= 0.3 is 0 Å². The molecule has 7 heteroatoms. The number of likely N-dealkylation sites (tertiary alicyclic amines) is 1. The lowest BCUT2D eigenvalue weighted by Gasteiger charge is -2.24. The first-order valence-electron chi connectivity index (χ1n) is 7.72. The number of hydrogen-bond acceptors (Lipinski definition) is 4. The molecule has 0 unspecified atom stereocenters. The summed E-state index contributed by atoms with van der Waals surface area (Å²) in [6.45, 7) is 1.70. The van der Waals surface area contributed by atoms with Crippen molar-refractivity contribution in [3.8, 4) is 6.07 Å². The molecule has 1 N–H and O–H groups in total. The Bertz CT molecular complexity index is 879. The van der Waals surface area contributed by atoms with Gasteiger partial charge in [-0.15, -0.1) is 0 Å². The SMILES string of the molecule is Cc1nc(C(=O)N2C[C@@H](O)C[C@H]2c2ccc(F)c(F)c2)ccc1C#N. The molecule has 5 nitrogen and oxygen atoms in total. The molecule has 3 rings (SSSR count). The topological polar surface area (TPSA) is 77.2 Å². The Morgan fingerprint density at radius 1 is 1.32 bits per heavy atom. The number of pyridine rings is 1. The van der Waals surface area contributed by atoms with Crippen LogP contribution in [-0.4, -0.2) is 33.5 Å². The van der Waals surface area contributed by atoms with Crippen LogP contribution in [0.2, 0.25) is 0 Å². The molecule has 128 valence electrons. The molecule has 2 aromatic rings. The van der Waals surface area contributed by atoms with E-state index in [2.05, 4.69) is 4.98 Å². The molecule has 1 amide bonds. The number of carbonyl (C=O) groups is 1. The summed E-state index contributed by atoms with van der Waals surface area (Å²) >= 11 is 0. The molecule has 1 aromatic heterocycles. The Morgan fingerprint density at radius 2 is 2.08 bits per heavy atom. The smallest absolute Gasteiger partial charge is 0.273 e. The molecule has 0 radical (unpaired) electrons. The summed E-state index contributed by atoms with van der Waals surface area (Å²) in [6, 6.07) is 7.80. The van der Waals surface area contributed by atoms with Crippen LogP contribution in [0.4, 0.5) is 8.78 Å². The molecule has 0 spiro atoms. The van der Waals surface area contributed by atoms with Gasteiger partial charge in [-0.25, -0.2) is 13.8 Å². The standard InChI is InChI=1S/C18H15F2N3O2/c1-10-12(8-21)3-5-16(22-10)18(25)23-9-13(24)7-17(23)11-2-4-14(19)15(20)6-11/h2-6,13,17,24H,7,9H2,1H3/t13-,17-/m0/s1. The van der Waals surface area contributed by atoms with Gasteiger partial charge in [0.1, 0.15) is 11.8 Å². The Morgan fingerprint density at radius 3 is 2.72 bits per heavy atom. The minimum Gasteiger partial charge on any atom is -0.391 e. The lowest BCUT2D eigenvalue weighted by atomic mass is 10.0. The lowest BCUT2D eigenvalue weighted by molar-refractivity contribution is 0.0709. The van der Waals surface area contributed by atoms with E-state index in [1.165, 1.54) is 23.1 Å². The highest BCUT2D eigenvalue weighted by molar-refractivity contribution is 5.93. The monoisotopic (exact) mass is 343 g/mol. The number of carbonyl (C=O) groups excluding carboxylic acids is 1. The molecule has 0 aliphatic carbocycles. The number of nitriles is 1. The van der Waals surface area contributed by atoms with E-state index in [-0.39, 0.29) is 18.7 Å². The van der Waals surface area contributed by atoms with Crippen molar-refractivity contribution in [2.24, 2.45) is 0 Å². The first-order valence-corrected chi connectivity index (χ1v) is 7.72. The minimum absolute atomic E-state index is 0.0726. The number of aromatic nitrogens is 1. The van der Waals surface area contributed by atoms with Crippen LogP contribution in [0.25, 0.3) is 0 Å². The van der Waals surface area contributed by atoms with Crippen molar-refractivity contribution in [2.45, 2.75) is 25.5 Å². The number of rotatable bonds is 2. The molecule has 2 atom stereocenters. The van der Waals surface area contributed by atoms with Crippen molar-refractivity contribution in [3.63, 3.8) is 0 Å². The number of aryl methyl sites for hydroxylation is 1. The molecule has 2 heterocycles. The minimum atomic E-state index is -1.00. The summed E-state index contributed by atoms with van der Waals surface area (Å²) in [6.07, 6.45) is -0.534. The summed E-state index contributed by atoms with van der Waals surface area (Å²) in [7, 11) is 0. The second kappa shape index (κ2) is 6.57. The van der Waals surface area contributed by atoms with Crippen molar-refractivity contribution in [1.29, 1.82) is 5.26 Å². The average molecular weight is 343 g/mol. The van der Waals surface area contributed by atoms with Gasteiger partial charge in [-0.2, -0.15) is 5.26 Å². The van der Waals surface area contributed by atoms with E-state index in [9.17, 15) is 18.7 Å². The number of amides is 1. The van der Waals surface area contributed by atoms with Gasteiger partial charge < -0.3 is 10.0 Å². The van der Waals surface area contributed by atoms with Gasteiger partial charge in [-0.3, -0.25) is 4.79 Å². The second-order valence-corrected chi connectivity index (χ2v) is 5.98. The molecular weight excluding hydrogens is 328 g/mol. The Hall–Kier alpha value is -2.85. The quantitative estimate of drug-likeness (QED) is 0.909. The van der Waals surface area contributed by atoms with Crippen molar-refractivity contribution in [1.82, 2.24) is 9.88 Å². The Labute approximate surface area is 143 Å². The van der Waals surface area contributed by atoms with E-state index in [0.29, 0.717) is 16.8 Å². The van der Waals surface area contributed by atoms with Crippen LogP contribution < -0.4 is 0 Å². The number of nitrogens with zero attached hydrogens (tertiary/aromatic N) is 3. The maximum absolute atomic E-state index is 13.5. The van der Waals surface area contributed by atoms with Crippen LogP contribution in [0.15, 0.2) is 30.3 Å². The summed E-state index contributed by atoms with van der Waals surface area (Å²) in [5.74, 6) is -2.40. The van der Waals surface area contributed by atoms with Crippen molar-refractivity contribution < 1.29 is 18.7 Å². The van der Waals surface area contributed by atoms with Gasteiger partial charge in [0.05, 0.1) is 23.4 Å². The molecule has 1 aliphatic heterocycles. The normalized spacial score (nSPS) is 19.7. The fraction of sp³-hybridized carbons (Fsp3) is 0.278. The molecular formula is C18H15F2N3O2. The van der Waals surface area contributed by atoms with Gasteiger partial charge in [-0.05, 0) is 43.2 Å². The highest BCUT2D eigenvalue weighted by Crippen LogP contribution is 2.34. The summed E-state index contributed by atoms with van der Waals surface area (Å²) in [5, 5.41) is 18.9. The third-order valence-electron chi connectivity index (χ3n) is 4.29. The number of halogens is 2. The zero-order valence-corrected chi connectivity index (χ0v) is 13.4. The number of aliphatic hydroxyl groups is 1. The molecule has 25 heavy (non-hydrogen) atoms. The van der Waals surface area contributed by atoms with Gasteiger partial charge in [0.15, 0.2) is 11.6 Å². The van der Waals surface area contributed by atoms with E-state index >= 15 is 0 Å². The molecule has 1 fully saturated rings. The third kappa shape index (κ3) is 3.21. The van der Waals surface area contributed by atoms with Crippen LogP contribution in [-0.2, 0) is 0 Å². The number of aliphatic hydroxyl groups excluding tert-OH is 1. The largest absolute Gasteiger partial charge is 0.391 e. The van der Waals surface area contributed by atoms with Crippen LogP contribution in [0.3, 0.4) is 0 Å². The van der Waals surface area contributed by atoms with Gasteiger partial charge in [-0.1, -0.05) is 6.07 Å². The fourth-order valence-corrected chi connectivity index (χ4v) is 3.02. The van der Waals surface area contributed by atoms with Gasteiger partial charge in [0, 0.05) is 6.54 Å². The van der Waals surface area contributed by atoms with Crippen molar-refractivity contribution >= 4 is 5.91 Å². The Kier molecular flexibility index (Phi) is 4.47. The summed E-state index contributed by atoms with van der Waals surface area (Å²) < 4.78 is 26.7. The first kappa shape index (κ1) is 17.0. The zero-order valence-electron chi connectivity index (χ0n) is 13.4. The van der Waals surface area contributed by atoms with Crippen LogP contribution >= 0.6 is 0 Å². The predicted octanol–water partition coefficient (Wildman–Crippen LogP) is 2.49. The maximum atomic E-state index is 13.5. The highest BCUT2D eigenvalue weighted by Gasteiger charge is 2.36. The van der Waals surface area contributed by atoms with Crippen molar-refractivity contribution in [3.05, 3.63) is 64.5 Å². The van der Waals surface area contributed by atoms with Crippen LogP contribution in [0.5, 0.6) is 0 Å². The second-order valence-electron chi connectivity index (χ2n) is 5.98. The van der Waals surface area contributed by atoms with Crippen LogP contribution in [0.1, 0.15) is 39.8 Å². The van der Waals surface area contributed by atoms with Gasteiger partial charge in [0.25, 0.3) is 5.91 Å². The van der Waals surface area contributed by atoms with E-state index in [1.807, 2.05) is 6.07 Å². The average Bonchev–Trinajstić information content (AvgIpc) is 2.98. The number of hydrogen-bond donors (Lipinski definition) is 1. The third-order valence-corrected chi connectivity index (χ3v) is 4.29. The number of benzene rings is 1. The summed E-state index contributed by atoms with van der Waals surface area (Å²) in [5.41, 5.74) is 1.35. The van der Waals surface area contributed by atoms with Gasteiger partial charge in [0.2, 0.25) is 0 Å². The Balaban J connectivity index is 1.93. The molecule has 1 aliphatic rings. The number of β-amino-alcohol motifs (C(OH)–C–C–N with tert-alkyl or cyclic N) is 1.